The first-order valence-electron chi connectivity index (χ1n) is 10.6. The Morgan fingerprint density at radius 1 is 0.912 bits per heavy atom. The van der Waals surface area contributed by atoms with E-state index in [0.717, 1.165) is 20.1 Å². The zero-order valence-corrected chi connectivity index (χ0v) is 22.6. The van der Waals surface area contributed by atoms with Gasteiger partial charge in [0.1, 0.15) is 5.75 Å². The molecule has 0 atom stereocenters. The molecule has 0 aliphatic rings. The molecule has 2 N–H and O–H groups in total. The number of carbonyl (C=O) groups is 2. The van der Waals surface area contributed by atoms with Crippen molar-refractivity contribution in [3.05, 3.63) is 92.4 Å². The number of hydrogen-bond acceptors (Lipinski definition) is 3. The van der Waals surface area contributed by atoms with E-state index in [1.54, 1.807) is 37.5 Å². The summed E-state index contributed by atoms with van der Waals surface area (Å²) in [6, 6.07) is 18.3. The Balaban J connectivity index is 1.67. The molecule has 0 heterocycles. The van der Waals surface area contributed by atoms with Gasteiger partial charge in [-0.15, -0.1) is 0 Å². The summed E-state index contributed by atoms with van der Waals surface area (Å²) in [5.74, 6) is 0.114. The number of ether oxygens (including phenoxy) is 1. The van der Waals surface area contributed by atoms with E-state index in [0.29, 0.717) is 22.7 Å². The summed E-state index contributed by atoms with van der Waals surface area (Å²) >= 11 is 6.89. The van der Waals surface area contributed by atoms with E-state index in [4.69, 9.17) is 4.74 Å². The Hall–Kier alpha value is -2.90. The number of methoxy groups -OCH3 is 1. The van der Waals surface area contributed by atoms with Crippen LogP contribution in [0.15, 0.2) is 75.7 Å². The number of nitrogens with one attached hydrogen (secondary N) is 2. The first kappa shape index (κ1) is 25.7. The average Bonchev–Trinajstić information content (AvgIpc) is 2.77. The molecule has 34 heavy (non-hydrogen) atoms. The molecule has 0 spiro atoms. The van der Waals surface area contributed by atoms with Crippen molar-refractivity contribution in [1.82, 2.24) is 0 Å². The van der Waals surface area contributed by atoms with Crippen LogP contribution in [-0.4, -0.2) is 18.9 Å². The van der Waals surface area contributed by atoms with Gasteiger partial charge in [0.05, 0.1) is 11.6 Å². The van der Waals surface area contributed by atoms with Crippen LogP contribution in [0.1, 0.15) is 42.3 Å². The van der Waals surface area contributed by atoms with E-state index in [1.807, 2.05) is 36.4 Å². The molecule has 5 nitrogen and oxygen atoms in total. The molecule has 3 aromatic carbocycles. The van der Waals surface area contributed by atoms with E-state index in [1.165, 1.54) is 6.08 Å². The normalized spacial score (nSPS) is 11.4. The van der Waals surface area contributed by atoms with Crippen LogP contribution in [0.4, 0.5) is 11.4 Å². The van der Waals surface area contributed by atoms with Gasteiger partial charge in [0.15, 0.2) is 0 Å². The standard InChI is InChI=1S/C27H26Br2N2O3/c1-27(2,3)19-11-8-17(9-12-19)26(33)31-22-7-5-6-21(16-22)30-24(32)13-10-18-14-20(28)15-23(29)25(18)34-4/h5-16H,1-4H3,(H,30,32)(H,31,33)/b13-10+. The van der Waals surface area contributed by atoms with Crippen LogP contribution in [0.2, 0.25) is 0 Å². The topological polar surface area (TPSA) is 67.4 Å². The summed E-state index contributed by atoms with van der Waals surface area (Å²) in [5.41, 5.74) is 3.66. The molecule has 0 fully saturated rings. The zero-order valence-electron chi connectivity index (χ0n) is 19.4. The molecule has 7 heteroatoms. The van der Waals surface area contributed by atoms with Crippen molar-refractivity contribution >= 4 is 61.1 Å². The summed E-state index contributed by atoms with van der Waals surface area (Å²) < 4.78 is 7.04. The molecular weight excluding hydrogens is 560 g/mol. The van der Waals surface area contributed by atoms with Gasteiger partial charge in [-0.2, -0.15) is 0 Å². The fraction of sp³-hybridized carbons (Fsp3) is 0.185. The van der Waals surface area contributed by atoms with Gasteiger partial charge in [0, 0.05) is 33.1 Å². The van der Waals surface area contributed by atoms with E-state index in [9.17, 15) is 9.59 Å². The highest BCUT2D eigenvalue weighted by Gasteiger charge is 2.14. The largest absolute Gasteiger partial charge is 0.495 e. The van der Waals surface area contributed by atoms with Crippen molar-refractivity contribution in [2.75, 3.05) is 17.7 Å². The fourth-order valence-corrected chi connectivity index (χ4v) is 4.69. The van der Waals surface area contributed by atoms with E-state index < -0.39 is 0 Å². The Bertz CT molecular complexity index is 1230. The van der Waals surface area contributed by atoms with Crippen LogP contribution in [0, 0.1) is 0 Å². The Labute approximate surface area is 216 Å². The number of rotatable bonds is 6. The molecule has 0 unspecified atom stereocenters. The fourth-order valence-electron chi connectivity index (χ4n) is 3.27. The van der Waals surface area contributed by atoms with Gasteiger partial charge in [-0.1, -0.05) is 54.9 Å². The predicted molar refractivity (Wildman–Crippen MR) is 146 cm³/mol. The molecule has 0 aliphatic carbocycles. The summed E-state index contributed by atoms with van der Waals surface area (Å²) in [6.45, 7) is 6.39. The van der Waals surface area contributed by atoms with Gasteiger partial charge in [-0.3, -0.25) is 9.59 Å². The minimum atomic E-state index is -0.306. The van der Waals surface area contributed by atoms with Crippen LogP contribution in [-0.2, 0) is 10.2 Å². The van der Waals surface area contributed by atoms with Crippen molar-refractivity contribution in [2.45, 2.75) is 26.2 Å². The van der Waals surface area contributed by atoms with Crippen molar-refractivity contribution in [2.24, 2.45) is 0 Å². The van der Waals surface area contributed by atoms with Crippen LogP contribution < -0.4 is 15.4 Å². The van der Waals surface area contributed by atoms with Crippen molar-refractivity contribution in [3.63, 3.8) is 0 Å². The molecule has 3 aromatic rings. The molecule has 0 aliphatic heterocycles. The predicted octanol–water partition coefficient (Wildman–Crippen LogP) is 7.42. The summed E-state index contributed by atoms with van der Waals surface area (Å²) in [7, 11) is 1.57. The zero-order chi connectivity index (χ0) is 24.9. The first-order valence-corrected chi connectivity index (χ1v) is 12.2. The van der Waals surface area contributed by atoms with Crippen LogP contribution in [0.3, 0.4) is 0 Å². The highest BCUT2D eigenvalue weighted by Crippen LogP contribution is 2.33. The number of hydrogen-bond donors (Lipinski definition) is 2. The molecule has 3 rings (SSSR count). The van der Waals surface area contributed by atoms with Gasteiger partial charge in [-0.25, -0.2) is 0 Å². The summed E-state index contributed by atoms with van der Waals surface area (Å²) in [5, 5.41) is 5.70. The molecule has 0 radical (unpaired) electrons. The maximum absolute atomic E-state index is 12.7. The number of amides is 2. The van der Waals surface area contributed by atoms with E-state index in [2.05, 4.69) is 63.3 Å². The minimum absolute atomic E-state index is 0.0224. The van der Waals surface area contributed by atoms with Crippen LogP contribution in [0.25, 0.3) is 6.08 Å². The Morgan fingerprint density at radius 2 is 1.56 bits per heavy atom. The molecule has 2 amide bonds. The van der Waals surface area contributed by atoms with Crippen molar-refractivity contribution in [3.8, 4) is 5.75 Å². The maximum atomic E-state index is 12.7. The molecule has 0 saturated heterocycles. The lowest BCUT2D eigenvalue weighted by atomic mass is 9.87. The third kappa shape index (κ3) is 6.81. The van der Waals surface area contributed by atoms with Gasteiger partial charge < -0.3 is 15.4 Å². The van der Waals surface area contributed by atoms with Crippen LogP contribution in [0.5, 0.6) is 5.75 Å². The van der Waals surface area contributed by atoms with Gasteiger partial charge in [0.25, 0.3) is 5.91 Å². The second kappa shape index (κ2) is 11.0. The highest BCUT2D eigenvalue weighted by atomic mass is 79.9. The first-order chi connectivity index (χ1) is 16.1. The van der Waals surface area contributed by atoms with E-state index in [-0.39, 0.29) is 17.2 Å². The lowest BCUT2D eigenvalue weighted by molar-refractivity contribution is -0.111. The summed E-state index contributed by atoms with van der Waals surface area (Å²) in [6.07, 6.45) is 3.11. The van der Waals surface area contributed by atoms with Crippen molar-refractivity contribution in [1.29, 1.82) is 0 Å². The minimum Gasteiger partial charge on any atom is -0.495 e. The third-order valence-electron chi connectivity index (χ3n) is 5.06. The molecule has 176 valence electrons. The smallest absolute Gasteiger partial charge is 0.255 e. The highest BCUT2D eigenvalue weighted by molar-refractivity contribution is 9.11. The molecule has 0 bridgehead atoms. The molecule has 0 saturated carbocycles. The van der Waals surface area contributed by atoms with E-state index >= 15 is 0 Å². The monoisotopic (exact) mass is 584 g/mol. The van der Waals surface area contributed by atoms with Gasteiger partial charge in [0.2, 0.25) is 5.91 Å². The molecular formula is C27H26Br2N2O3. The van der Waals surface area contributed by atoms with Gasteiger partial charge in [-0.05, 0) is 75.4 Å². The lowest BCUT2D eigenvalue weighted by Crippen LogP contribution is -2.14. The summed E-state index contributed by atoms with van der Waals surface area (Å²) in [4.78, 5) is 25.1. The quantitative estimate of drug-likeness (QED) is 0.296. The Morgan fingerprint density at radius 3 is 2.18 bits per heavy atom. The Kier molecular flexibility index (Phi) is 8.33. The number of benzene rings is 3. The average molecular weight is 586 g/mol. The lowest BCUT2D eigenvalue weighted by Gasteiger charge is -2.19. The van der Waals surface area contributed by atoms with Crippen molar-refractivity contribution < 1.29 is 14.3 Å². The number of halogens is 2. The number of anilines is 2. The van der Waals surface area contributed by atoms with Crippen LogP contribution >= 0.6 is 31.9 Å². The maximum Gasteiger partial charge on any atom is 0.255 e. The number of carbonyl (C=O) groups excluding carboxylic acids is 2. The third-order valence-corrected chi connectivity index (χ3v) is 6.10. The SMILES string of the molecule is COc1c(Br)cc(Br)cc1/C=C/C(=O)Nc1cccc(NC(=O)c2ccc(C(C)(C)C)cc2)c1. The van der Waals surface area contributed by atoms with Gasteiger partial charge >= 0.3 is 0 Å². The molecule has 0 aromatic heterocycles. The second-order valence-electron chi connectivity index (χ2n) is 8.69. The second-order valence-corrected chi connectivity index (χ2v) is 10.5.